The number of methoxy groups -OCH3 is 2. The van der Waals surface area contributed by atoms with Crippen molar-refractivity contribution in [1.82, 2.24) is 0 Å². The Morgan fingerprint density at radius 1 is 1.17 bits per heavy atom. The van der Waals surface area contributed by atoms with Gasteiger partial charge in [-0.2, -0.15) is 0 Å². The largest absolute Gasteiger partial charge is 0.465 e. The minimum atomic E-state index is -0.796. The van der Waals surface area contributed by atoms with E-state index in [2.05, 4.69) is 25.4 Å². The summed E-state index contributed by atoms with van der Waals surface area (Å²) in [4.78, 5) is 32.9. The minimum Gasteiger partial charge on any atom is -0.465 e. The van der Waals surface area contributed by atoms with Crippen molar-refractivity contribution < 1.29 is 24.0 Å². The maximum Gasteiger partial charge on any atom is 0.339 e. The number of nitro groups is 1. The van der Waals surface area contributed by atoms with Crippen LogP contribution in [-0.2, 0) is 9.47 Å². The molecule has 0 amide bonds. The predicted molar refractivity (Wildman–Crippen MR) is 63.5 cm³/mol. The highest BCUT2D eigenvalue weighted by atomic mass is 79.9. The molecule has 1 rings (SSSR count). The predicted octanol–water partition coefficient (Wildman–Crippen LogP) is 1.93. The third-order valence-electron chi connectivity index (χ3n) is 2.08. The van der Waals surface area contributed by atoms with Gasteiger partial charge in [0.1, 0.15) is 0 Å². The maximum atomic E-state index is 11.4. The summed E-state index contributed by atoms with van der Waals surface area (Å²) in [6.07, 6.45) is 0. The summed E-state index contributed by atoms with van der Waals surface area (Å²) in [6, 6.07) is 2.03. The van der Waals surface area contributed by atoms with Crippen LogP contribution >= 0.6 is 15.9 Å². The minimum absolute atomic E-state index is 0.0896. The van der Waals surface area contributed by atoms with E-state index < -0.39 is 22.5 Å². The second-order valence-corrected chi connectivity index (χ2v) is 3.89. The summed E-state index contributed by atoms with van der Waals surface area (Å²) in [5, 5.41) is 10.7. The van der Waals surface area contributed by atoms with Crippen molar-refractivity contribution >= 4 is 33.6 Å². The van der Waals surface area contributed by atoms with Gasteiger partial charge in [0, 0.05) is 16.6 Å². The maximum absolute atomic E-state index is 11.4. The van der Waals surface area contributed by atoms with Gasteiger partial charge in [0.2, 0.25) is 0 Å². The number of carbonyl (C=O) groups excluding carboxylic acids is 2. The van der Waals surface area contributed by atoms with E-state index in [1.165, 1.54) is 0 Å². The Labute approximate surface area is 110 Å². The number of esters is 2. The normalized spacial score (nSPS) is 9.72. The molecule has 7 nitrogen and oxygen atoms in total. The van der Waals surface area contributed by atoms with E-state index in [-0.39, 0.29) is 15.6 Å². The molecule has 0 saturated heterocycles. The van der Waals surface area contributed by atoms with Gasteiger partial charge in [-0.25, -0.2) is 9.59 Å². The van der Waals surface area contributed by atoms with Crippen molar-refractivity contribution in [3.63, 3.8) is 0 Å². The molecule has 0 aliphatic rings. The van der Waals surface area contributed by atoms with Gasteiger partial charge in [0.15, 0.2) is 0 Å². The molecule has 0 fully saturated rings. The smallest absolute Gasteiger partial charge is 0.339 e. The molecular weight excluding hydrogens is 310 g/mol. The number of halogens is 1. The summed E-state index contributed by atoms with van der Waals surface area (Å²) in [6.45, 7) is 0. The molecule has 0 aromatic heterocycles. The molecule has 0 atom stereocenters. The number of hydrogen-bond donors (Lipinski definition) is 0. The zero-order valence-corrected chi connectivity index (χ0v) is 11.0. The fourth-order valence-corrected chi connectivity index (χ4v) is 1.78. The van der Waals surface area contributed by atoms with E-state index in [0.717, 1.165) is 26.4 Å². The lowest BCUT2D eigenvalue weighted by Crippen LogP contribution is -2.09. The first kappa shape index (κ1) is 14.1. The second-order valence-electron chi connectivity index (χ2n) is 3.10. The second kappa shape index (κ2) is 5.58. The number of ether oxygens (including phenoxy) is 2. The van der Waals surface area contributed by atoms with Gasteiger partial charge < -0.3 is 9.47 Å². The lowest BCUT2D eigenvalue weighted by atomic mass is 10.1. The highest BCUT2D eigenvalue weighted by Crippen LogP contribution is 2.28. The van der Waals surface area contributed by atoms with Crippen LogP contribution in [0.2, 0.25) is 0 Å². The first-order valence-corrected chi connectivity index (χ1v) is 5.36. The number of nitro benzene ring substituents is 1. The van der Waals surface area contributed by atoms with Crippen LogP contribution in [0.25, 0.3) is 0 Å². The molecule has 0 radical (unpaired) electrons. The van der Waals surface area contributed by atoms with Crippen LogP contribution in [0.1, 0.15) is 20.7 Å². The molecule has 0 heterocycles. The van der Waals surface area contributed by atoms with E-state index in [4.69, 9.17) is 0 Å². The quantitative estimate of drug-likeness (QED) is 0.480. The van der Waals surface area contributed by atoms with E-state index in [9.17, 15) is 19.7 Å². The van der Waals surface area contributed by atoms with Gasteiger partial charge in [0.25, 0.3) is 5.69 Å². The molecular formula is C10H8BrNO6. The zero-order chi connectivity index (χ0) is 13.9. The van der Waals surface area contributed by atoms with E-state index >= 15 is 0 Å². The highest BCUT2D eigenvalue weighted by molar-refractivity contribution is 9.10. The van der Waals surface area contributed by atoms with Gasteiger partial charge >= 0.3 is 11.9 Å². The van der Waals surface area contributed by atoms with Crippen LogP contribution in [0, 0.1) is 10.1 Å². The Kier molecular flexibility index (Phi) is 4.38. The van der Waals surface area contributed by atoms with Crippen molar-refractivity contribution in [2.45, 2.75) is 0 Å². The molecule has 96 valence electrons. The fraction of sp³-hybridized carbons (Fsp3) is 0.200. The van der Waals surface area contributed by atoms with Gasteiger partial charge in [0.05, 0.1) is 30.3 Å². The highest BCUT2D eigenvalue weighted by Gasteiger charge is 2.24. The lowest BCUT2D eigenvalue weighted by Gasteiger charge is -2.07. The zero-order valence-electron chi connectivity index (χ0n) is 9.43. The number of benzene rings is 1. The molecule has 0 unspecified atom stereocenters. The Morgan fingerprint density at radius 3 is 1.83 bits per heavy atom. The van der Waals surface area contributed by atoms with Gasteiger partial charge in [-0.05, 0) is 15.9 Å². The summed E-state index contributed by atoms with van der Waals surface area (Å²) in [5.41, 5.74) is -0.641. The molecule has 1 aromatic carbocycles. The van der Waals surface area contributed by atoms with Gasteiger partial charge in [-0.3, -0.25) is 10.1 Å². The molecule has 1 aromatic rings. The molecule has 8 heteroatoms. The SMILES string of the molecule is COC(=O)c1cc([N+](=O)[O-])cc(C(=O)OC)c1Br. The van der Waals surface area contributed by atoms with Crippen molar-refractivity contribution in [1.29, 1.82) is 0 Å². The van der Waals surface area contributed by atoms with E-state index in [1.807, 2.05) is 0 Å². The Morgan fingerprint density at radius 2 is 1.56 bits per heavy atom. The molecule has 0 saturated carbocycles. The van der Waals surface area contributed by atoms with E-state index in [1.54, 1.807) is 0 Å². The van der Waals surface area contributed by atoms with E-state index in [0.29, 0.717) is 0 Å². The van der Waals surface area contributed by atoms with Gasteiger partial charge in [-0.1, -0.05) is 0 Å². The number of hydrogen-bond acceptors (Lipinski definition) is 6. The summed E-state index contributed by atoms with van der Waals surface area (Å²) in [5.74, 6) is -1.59. The summed E-state index contributed by atoms with van der Waals surface area (Å²) >= 11 is 3.02. The average molecular weight is 318 g/mol. The first-order chi connectivity index (χ1) is 8.42. The third kappa shape index (κ3) is 2.65. The lowest BCUT2D eigenvalue weighted by molar-refractivity contribution is -0.384. The average Bonchev–Trinajstić information content (AvgIpc) is 2.36. The monoisotopic (exact) mass is 317 g/mol. The van der Waals surface area contributed by atoms with Crippen LogP contribution in [0.5, 0.6) is 0 Å². The van der Waals surface area contributed by atoms with Crippen LogP contribution in [0.4, 0.5) is 5.69 Å². The van der Waals surface area contributed by atoms with Gasteiger partial charge in [-0.15, -0.1) is 0 Å². The van der Waals surface area contributed by atoms with Crippen LogP contribution < -0.4 is 0 Å². The molecule has 18 heavy (non-hydrogen) atoms. The Balaban J connectivity index is 3.52. The Hall–Kier alpha value is -1.96. The third-order valence-corrected chi connectivity index (χ3v) is 2.93. The van der Waals surface area contributed by atoms with Crippen molar-refractivity contribution in [2.24, 2.45) is 0 Å². The number of non-ortho nitro benzene ring substituents is 1. The molecule has 0 aliphatic carbocycles. The topological polar surface area (TPSA) is 95.7 Å². The van der Waals surface area contributed by atoms with Crippen LogP contribution in [-0.4, -0.2) is 31.1 Å². The van der Waals surface area contributed by atoms with Crippen molar-refractivity contribution in [3.05, 3.63) is 37.8 Å². The first-order valence-electron chi connectivity index (χ1n) is 4.57. The summed E-state index contributed by atoms with van der Waals surface area (Å²) in [7, 11) is 2.26. The molecule has 0 spiro atoms. The number of rotatable bonds is 3. The van der Waals surface area contributed by atoms with Crippen molar-refractivity contribution in [3.8, 4) is 0 Å². The standard InChI is InChI=1S/C10H8BrNO6/c1-17-9(13)6-3-5(12(15)16)4-7(8(6)11)10(14)18-2/h3-4H,1-2H3. The van der Waals surface area contributed by atoms with Crippen molar-refractivity contribution in [2.75, 3.05) is 14.2 Å². The Bertz CT molecular complexity index is 490. The molecule has 0 bridgehead atoms. The summed E-state index contributed by atoms with van der Waals surface area (Å²) < 4.78 is 9.04. The molecule has 0 N–H and O–H groups in total. The number of carbonyl (C=O) groups is 2. The molecule has 0 aliphatic heterocycles. The van der Waals surface area contributed by atoms with Crippen LogP contribution in [0.15, 0.2) is 16.6 Å². The van der Waals surface area contributed by atoms with Crippen LogP contribution in [0.3, 0.4) is 0 Å². The fourth-order valence-electron chi connectivity index (χ4n) is 1.23. The number of nitrogens with zero attached hydrogens (tertiary/aromatic N) is 1.